The molecule has 0 radical (unpaired) electrons. The molecule has 3 aromatic carbocycles. The van der Waals surface area contributed by atoms with Gasteiger partial charge in [-0.2, -0.15) is 5.10 Å². The third-order valence-corrected chi connectivity index (χ3v) is 4.14. The van der Waals surface area contributed by atoms with Crippen LogP contribution >= 0.6 is 23.2 Å². The Morgan fingerprint density at radius 1 is 0.857 bits per heavy atom. The third-order valence-electron chi connectivity index (χ3n) is 3.63. The van der Waals surface area contributed by atoms with Gasteiger partial charge in [0.2, 0.25) is 0 Å². The van der Waals surface area contributed by atoms with Gasteiger partial charge in [0, 0.05) is 15.6 Å². The van der Waals surface area contributed by atoms with Gasteiger partial charge in [0.1, 0.15) is 5.75 Å². The topological polar surface area (TPSA) is 67.8 Å². The third kappa shape index (κ3) is 5.42. The molecule has 0 saturated carbocycles. The number of amides is 1. The summed E-state index contributed by atoms with van der Waals surface area (Å²) in [5, 5.41) is 5.00. The van der Waals surface area contributed by atoms with E-state index >= 15 is 0 Å². The summed E-state index contributed by atoms with van der Waals surface area (Å²) in [4.78, 5) is 24.1. The van der Waals surface area contributed by atoms with E-state index < -0.39 is 5.97 Å². The Kier molecular flexibility index (Phi) is 6.42. The lowest BCUT2D eigenvalue weighted by molar-refractivity contribution is 0.0734. The summed E-state index contributed by atoms with van der Waals surface area (Å²) >= 11 is 11.6. The number of hydrazone groups is 1. The van der Waals surface area contributed by atoms with Crippen molar-refractivity contribution in [3.8, 4) is 5.75 Å². The van der Waals surface area contributed by atoms with Gasteiger partial charge in [0.25, 0.3) is 5.91 Å². The van der Waals surface area contributed by atoms with E-state index in [0.29, 0.717) is 32.5 Å². The first-order valence-corrected chi connectivity index (χ1v) is 8.93. The highest BCUT2D eigenvalue weighted by Gasteiger charge is 2.08. The molecule has 0 spiro atoms. The maximum atomic E-state index is 12.2. The molecule has 0 bridgehead atoms. The minimum absolute atomic E-state index is 0.355. The van der Waals surface area contributed by atoms with Crippen LogP contribution in [0.4, 0.5) is 0 Å². The van der Waals surface area contributed by atoms with Gasteiger partial charge in [-0.1, -0.05) is 35.3 Å². The van der Waals surface area contributed by atoms with Gasteiger partial charge in [-0.3, -0.25) is 4.79 Å². The fraction of sp³-hybridized carbons (Fsp3) is 0. The summed E-state index contributed by atoms with van der Waals surface area (Å²) in [5.74, 6) is -0.507. The van der Waals surface area contributed by atoms with Crippen LogP contribution in [0.3, 0.4) is 0 Å². The SMILES string of the molecule is O=C(N/N=C\c1cccc(OC(=O)c2ccc(Cl)cc2)c1)c1ccc(Cl)cc1. The summed E-state index contributed by atoms with van der Waals surface area (Å²) in [5.41, 5.74) is 3.90. The molecule has 28 heavy (non-hydrogen) atoms. The Labute approximate surface area is 171 Å². The summed E-state index contributed by atoms with van der Waals surface area (Å²) in [6.07, 6.45) is 1.45. The molecular formula is C21H14Cl2N2O3. The average Bonchev–Trinajstić information content (AvgIpc) is 2.69. The van der Waals surface area contributed by atoms with Crippen molar-refractivity contribution in [3.63, 3.8) is 0 Å². The summed E-state index contributed by atoms with van der Waals surface area (Å²) < 4.78 is 5.35. The monoisotopic (exact) mass is 412 g/mol. The second kappa shape index (κ2) is 9.17. The molecule has 0 aliphatic carbocycles. The van der Waals surface area contributed by atoms with Crippen molar-refractivity contribution in [2.75, 3.05) is 0 Å². The molecule has 0 aliphatic heterocycles. The molecule has 7 heteroatoms. The largest absolute Gasteiger partial charge is 0.423 e. The van der Waals surface area contributed by atoms with Crippen LogP contribution in [-0.2, 0) is 0 Å². The van der Waals surface area contributed by atoms with E-state index in [-0.39, 0.29) is 5.91 Å². The van der Waals surface area contributed by atoms with Gasteiger partial charge in [0.05, 0.1) is 11.8 Å². The Morgan fingerprint density at radius 2 is 1.46 bits per heavy atom. The van der Waals surface area contributed by atoms with E-state index in [2.05, 4.69) is 10.5 Å². The number of halogens is 2. The quantitative estimate of drug-likeness (QED) is 0.278. The molecule has 0 saturated heterocycles. The highest BCUT2D eigenvalue weighted by molar-refractivity contribution is 6.31. The standard InChI is InChI=1S/C21H14Cl2N2O3/c22-17-8-4-15(5-9-17)20(26)25-24-13-14-2-1-3-19(12-14)28-21(27)16-6-10-18(23)11-7-16/h1-13H,(H,25,26)/b24-13-. The number of benzene rings is 3. The zero-order valence-corrected chi connectivity index (χ0v) is 15.9. The van der Waals surface area contributed by atoms with E-state index in [9.17, 15) is 9.59 Å². The number of hydrogen-bond acceptors (Lipinski definition) is 4. The first-order chi connectivity index (χ1) is 13.5. The predicted octanol–water partition coefficient (Wildman–Crippen LogP) is 4.98. The number of esters is 1. The van der Waals surface area contributed by atoms with Gasteiger partial charge >= 0.3 is 5.97 Å². The van der Waals surface area contributed by atoms with Crippen molar-refractivity contribution >= 4 is 41.3 Å². The van der Waals surface area contributed by atoms with Crippen LogP contribution in [0.15, 0.2) is 77.9 Å². The molecule has 0 aliphatic rings. The van der Waals surface area contributed by atoms with Gasteiger partial charge < -0.3 is 4.74 Å². The van der Waals surface area contributed by atoms with Crippen LogP contribution in [0.2, 0.25) is 10.0 Å². The number of carbonyl (C=O) groups is 2. The second-order valence-electron chi connectivity index (χ2n) is 5.67. The number of nitrogens with one attached hydrogen (secondary N) is 1. The van der Waals surface area contributed by atoms with Gasteiger partial charge in [0.15, 0.2) is 0 Å². The molecule has 0 heterocycles. The molecule has 1 N–H and O–H groups in total. The van der Waals surface area contributed by atoms with E-state index in [4.69, 9.17) is 27.9 Å². The van der Waals surface area contributed by atoms with Crippen molar-refractivity contribution in [1.29, 1.82) is 0 Å². The van der Waals surface area contributed by atoms with Crippen LogP contribution in [0, 0.1) is 0 Å². The predicted molar refractivity (Wildman–Crippen MR) is 109 cm³/mol. The maximum absolute atomic E-state index is 12.2. The molecule has 1 amide bonds. The Bertz CT molecular complexity index is 1020. The van der Waals surface area contributed by atoms with Gasteiger partial charge in [-0.25, -0.2) is 10.2 Å². The number of carbonyl (C=O) groups excluding carboxylic acids is 2. The molecule has 0 aromatic heterocycles. The molecule has 0 fully saturated rings. The number of nitrogens with zero attached hydrogens (tertiary/aromatic N) is 1. The summed E-state index contributed by atoms with van der Waals surface area (Å²) in [6.45, 7) is 0. The first kappa shape index (κ1) is 19.6. The highest BCUT2D eigenvalue weighted by atomic mass is 35.5. The zero-order chi connectivity index (χ0) is 19.9. The Morgan fingerprint density at radius 3 is 2.11 bits per heavy atom. The van der Waals surface area contributed by atoms with E-state index in [1.165, 1.54) is 6.21 Å². The fourth-order valence-electron chi connectivity index (χ4n) is 2.24. The molecular weight excluding hydrogens is 399 g/mol. The van der Waals surface area contributed by atoms with Gasteiger partial charge in [-0.05, 0) is 66.2 Å². The minimum Gasteiger partial charge on any atom is -0.423 e. The van der Waals surface area contributed by atoms with Crippen molar-refractivity contribution in [1.82, 2.24) is 5.43 Å². The van der Waals surface area contributed by atoms with Crippen LogP contribution in [-0.4, -0.2) is 18.1 Å². The smallest absolute Gasteiger partial charge is 0.343 e. The van der Waals surface area contributed by atoms with Crippen molar-refractivity contribution in [2.24, 2.45) is 5.10 Å². The maximum Gasteiger partial charge on any atom is 0.343 e. The molecule has 0 unspecified atom stereocenters. The van der Waals surface area contributed by atoms with Gasteiger partial charge in [-0.15, -0.1) is 0 Å². The lowest BCUT2D eigenvalue weighted by Crippen LogP contribution is -2.17. The summed E-state index contributed by atoms with van der Waals surface area (Å²) in [6, 6.07) is 19.6. The lowest BCUT2D eigenvalue weighted by atomic mass is 10.2. The number of ether oxygens (including phenoxy) is 1. The number of rotatable bonds is 5. The summed E-state index contributed by atoms with van der Waals surface area (Å²) in [7, 11) is 0. The minimum atomic E-state index is -0.498. The van der Waals surface area contributed by atoms with E-state index in [1.807, 2.05) is 0 Å². The number of hydrogen-bond donors (Lipinski definition) is 1. The molecule has 140 valence electrons. The Hall–Kier alpha value is -3.15. The fourth-order valence-corrected chi connectivity index (χ4v) is 2.49. The zero-order valence-electron chi connectivity index (χ0n) is 14.4. The van der Waals surface area contributed by atoms with Crippen LogP contribution < -0.4 is 10.2 Å². The van der Waals surface area contributed by atoms with Crippen LogP contribution in [0.25, 0.3) is 0 Å². The van der Waals surface area contributed by atoms with Crippen molar-refractivity contribution in [3.05, 3.63) is 99.5 Å². The normalized spacial score (nSPS) is 10.6. The van der Waals surface area contributed by atoms with Crippen molar-refractivity contribution < 1.29 is 14.3 Å². The Balaban J connectivity index is 1.61. The van der Waals surface area contributed by atoms with Crippen LogP contribution in [0.5, 0.6) is 5.75 Å². The van der Waals surface area contributed by atoms with Crippen LogP contribution in [0.1, 0.15) is 26.3 Å². The average molecular weight is 413 g/mol. The molecule has 0 atom stereocenters. The molecule has 3 aromatic rings. The van der Waals surface area contributed by atoms with E-state index in [0.717, 1.165) is 0 Å². The second-order valence-corrected chi connectivity index (χ2v) is 6.55. The highest BCUT2D eigenvalue weighted by Crippen LogP contribution is 2.16. The lowest BCUT2D eigenvalue weighted by Gasteiger charge is -2.05. The molecule has 3 rings (SSSR count). The molecule has 5 nitrogen and oxygen atoms in total. The first-order valence-electron chi connectivity index (χ1n) is 8.18. The van der Waals surface area contributed by atoms with Crippen molar-refractivity contribution in [2.45, 2.75) is 0 Å². The van der Waals surface area contributed by atoms with E-state index in [1.54, 1.807) is 72.8 Å².